The third-order valence-electron chi connectivity index (χ3n) is 9.70. The maximum Gasteiger partial charge on any atom is 0.228 e. The van der Waals surface area contributed by atoms with Crippen molar-refractivity contribution >= 4 is 17.5 Å². The van der Waals surface area contributed by atoms with E-state index in [4.69, 9.17) is 4.74 Å². The highest BCUT2D eigenvalue weighted by Gasteiger charge is 2.60. The van der Waals surface area contributed by atoms with E-state index < -0.39 is 0 Å². The van der Waals surface area contributed by atoms with Gasteiger partial charge in [0.05, 0.1) is 12.8 Å². The summed E-state index contributed by atoms with van der Waals surface area (Å²) < 4.78 is 5.44. The van der Waals surface area contributed by atoms with Crippen LogP contribution in [0.1, 0.15) is 58.8 Å². The number of carbonyl (C=O) groups excluding carboxylic acids is 2. The number of hydrogen-bond acceptors (Lipinski definition) is 3. The molecule has 0 unspecified atom stereocenters. The van der Waals surface area contributed by atoms with Crippen molar-refractivity contribution in [2.24, 2.45) is 34.5 Å². The summed E-state index contributed by atoms with van der Waals surface area (Å²) in [5.41, 5.74) is 2.13. The molecule has 172 valence electrons. The minimum Gasteiger partial charge on any atom is -0.495 e. The SMILES string of the molecule is COc1ccccc1NC(=O)[C@H]1CC[C@H]2[C@@H]3CC=C4N(C)C(=O)CC[C@]4(C)[C@H]3CC[C@]12C. The Bertz CT molecular complexity index is 971. The van der Waals surface area contributed by atoms with Crippen LogP contribution in [0.3, 0.4) is 0 Å². The number of fused-ring (bicyclic) bond motifs is 5. The van der Waals surface area contributed by atoms with Crippen LogP contribution in [0, 0.1) is 34.5 Å². The lowest BCUT2D eigenvalue weighted by Crippen LogP contribution is -2.54. The van der Waals surface area contributed by atoms with Gasteiger partial charge in [0.2, 0.25) is 11.8 Å². The highest BCUT2D eigenvalue weighted by atomic mass is 16.5. The normalized spacial score (nSPS) is 38.3. The molecule has 1 N–H and O–H groups in total. The summed E-state index contributed by atoms with van der Waals surface area (Å²) in [5.74, 6) is 2.90. The zero-order valence-electron chi connectivity index (χ0n) is 19.8. The van der Waals surface area contributed by atoms with Gasteiger partial charge in [-0.2, -0.15) is 0 Å². The Balaban J connectivity index is 1.39. The number of benzene rings is 1. The number of amides is 2. The van der Waals surface area contributed by atoms with Crippen molar-refractivity contribution in [3.05, 3.63) is 36.0 Å². The van der Waals surface area contributed by atoms with Gasteiger partial charge in [0.1, 0.15) is 5.75 Å². The Morgan fingerprint density at radius 2 is 1.91 bits per heavy atom. The van der Waals surface area contributed by atoms with Gasteiger partial charge in [-0.05, 0) is 73.8 Å². The van der Waals surface area contributed by atoms with Gasteiger partial charge >= 0.3 is 0 Å². The number of nitrogens with one attached hydrogen (secondary N) is 1. The largest absolute Gasteiger partial charge is 0.495 e. The molecule has 5 heteroatoms. The lowest BCUT2D eigenvalue weighted by molar-refractivity contribution is -0.137. The first kappa shape index (κ1) is 21.5. The molecule has 1 heterocycles. The third-order valence-corrected chi connectivity index (χ3v) is 9.70. The van der Waals surface area contributed by atoms with Crippen molar-refractivity contribution in [1.29, 1.82) is 0 Å². The Morgan fingerprint density at radius 1 is 1.12 bits per heavy atom. The van der Waals surface area contributed by atoms with Crippen molar-refractivity contribution in [1.82, 2.24) is 4.90 Å². The average Bonchev–Trinajstić information content (AvgIpc) is 3.14. The summed E-state index contributed by atoms with van der Waals surface area (Å²) >= 11 is 0. The summed E-state index contributed by atoms with van der Waals surface area (Å²) in [7, 11) is 3.59. The number of likely N-dealkylation sites (tertiary alicyclic amines) is 1. The molecule has 5 rings (SSSR count). The van der Waals surface area contributed by atoms with E-state index in [1.165, 1.54) is 5.70 Å². The van der Waals surface area contributed by atoms with Gasteiger partial charge in [-0.25, -0.2) is 0 Å². The molecule has 1 saturated heterocycles. The predicted molar refractivity (Wildman–Crippen MR) is 125 cm³/mol. The molecular weight excluding hydrogens is 400 g/mol. The van der Waals surface area contributed by atoms with E-state index in [0.29, 0.717) is 29.9 Å². The molecule has 0 aromatic heterocycles. The van der Waals surface area contributed by atoms with Crippen molar-refractivity contribution in [3.8, 4) is 5.75 Å². The van der Waals surface area contributed by atoms with Gasteiger partial charge in [-0.15, -0.1) is 0 Å². The molecule has 3 aliphatic carbocycles. The van der Waals surface area contributed by atoms with E-state index in [0.717, 1.165) is 44.2 Å². The Labute approximate surface area is 191 Å². The minimum absolute atomic E-state index is 0.0331. The molecule has 1 aromatic rings. The number of piperidine rings is 1. The van der Waals surface area contributed by atoms with Crippen LogP contribution in [-0.2, 0) is 9.59 Å². The minimum atomic E-state index is 0.0331. The molecule has 5 nitrogen and oxygen atoms in total. The maximum absolute atomic E-state index is 13.5. The highest BCUT2D eigenvalue weighted by Crippen LogP contribution is 2.66. The molecule has 0 bridgehead atoms. The number of hydrogen-bond donors (Lipinski definition) is 1. The van der Waals surface area contributed by atoms with Crippen LogP contribution in [0.4, 0.5) is 5.69 Å². The predicted octanol–water partition coefficient (Wildman–Crippen LogP) is 5.24. The van der Waals surface area contributed by atoms with Gasteiger partial charge in [0.15, 0.2) is 0 Å². The molecule has 3 fully saturated rings. The van der Waals surface area contributed by atoms with Crippen molar-refractivity contribution in [3.63, 3.8) is 0 Å². The van der Waals surface area contributed by atoms with E-state index in [2.05, 4.69) is 25.2 Å². The van der Waals surface area contributed by atoms with Crippen LogP contribution in [0.2, 0.25) is 0 Å². The number of allylic oxidation sites excluding steroid dienone is 2. The molecule has 0 spiro atoms. The van der Waals surface area contributed by atoms with Gasteiger partial charge in [0, 0.05) is 30.5 Å². The average molecular weight is 437 g/mol. The number of nitrogens with zero attached hydrogens (tertiary/aromatic N) is 1. The quantitative estimate of drug-likeness (QED) is 0.705. The van der Waals surface area contributed by atoms with Gasteiger partial charge < -0.3 is 15.0 Å². The molecule has 6 atom stereocenters. The number of para-hydroxylation sites is 2. The molecular formula is C27H36N2O3. The van der Waals surface area contributed by atoms with E-state index in [9.17, 15) is 9.59 Å². The lowest BCUT2D eigenvalue weighted by Gasteiger charge is -2.58. The van der Waals surface area contributed by atoms with Crippen LogP contribution in [0.25, 0.3) is 0 Å². The zero-order chi connectivity index (χ0) is 22.7. The summed E-state index contributed by atoms with van der Waals surface area (Å²) in [6.45, 7) is 4.76. The first-order valence-electron chi connectivity index (χ1n) is 12.2. The summed E-state index contributed by atoms with van der Waals surface area (Å²) in [6, 6.07) is 7.65. The van der Waals surface area contributed by atoms with Crippen molar-refractivity contribution in [2.75, 3.05) is 19.5 Å². The lowest BCUT2D eigenvalue weighted by atomic mass is 9.49. The van der Waals surface area contributed by atoms with Gasteiger partial charge in [-0.3, -0.25) is 9.59 Å². The second kappa shape index (κ2) is 7.64. The summed E-state index contributed by atoms with van der Waals surface area (Å²) in [6.07, 6.45) is 9.31. The van der Waals surface area contributed by atoms with Crippen LogP contribution in [-0.4, -0.2) is 30.9 Å². The van der Waals surface area contributed by atoms with Gasteiger partial charge in [-0.1, -0.05) is 32.1 Å². The zero-order valence-corrected chi connectivity index (χ0v) is 19.8. The molecule has 0 radical (unpaired) electrons. The third kappa shape index (κ3) is 3.03. The molecule has 2 amide bonds. The fourth-order valence-electron chi connectivity index (χ4n) is 7.98. The standard InChI is InChI=1S/C27H36N2O3/c1-26-15-13-19-17(9-12-23-27(19,2)16-14-24(30)29(23)3)18(26)10-11-20(26)25(31)28-21-7-5-6-8-22(21)32-4/h5-8,12,17-20H,9-11,13-16H2,1-4H3,(H,28,31)/t17-,18-,19-,20+,26-,27+/m0/s1. The summed E-state index contributed by atoms with van der Waals surface area (Å²) in [5, 5.41) is 3.18. The van der Waals surface area contributed by atoms with E-state index >= 15 is 0 Å². The second-order valence-corrected chi connectivity index (χ2v) is 10.9. The van der Waals surface area contributed by atoms with Crippen LogP contribution in [0.15, 0.2) is 36.0 Å². The van der Waals surface area contributed by atoms with Crippen LogP contribution >= 0.6 is 0 Å². The molecule has 32 heavy (non-hydrogen) atoms. The Morgan fingerprint density at radius 3 is 2.69 bits per heavy atom. The molecule has 4 aliphatic rings. The Kier molecular flexibility index (Phi) is 5.14. The smallest absolute Gasteiger partial charge is 0.228 e. The van der Waals surface area contributed by atoms with Crippen molar-refractivity contribution in [2.45, 2.75) is 58.8 Å². The number of carbonyl (C=O) groups is 2. The monoisotopic (exact) mass is 436 g/mol. The topological polar surface area (TPSA) is 58.6 Å². The Hall–Kier alpha value is -2.30. The molecule has 1 aromatic carbocycles. The first-order valence-corrected chi connectivity index (χ1v) is 12.2. The van der Waals surface area contributed by atoms with E-state index in [-0.39, 0.29) is 28.6 Å². The number of ether oxygens (including phenoxy) is 1. The maximum atomic E-state index is 13.5. The highest BCUT2D eigenvalue weighted by molar-refractivity contribution is 5.94. The number of anilines is 1. The van der Waals surface area contributed by atoms with Crippen molar-refractivity contribution < 1.29 is 14.3 Å². The number of rotatable bonds is 3. The molecule has 2 saturated carbocycles. The van der Waals surface area contributed by atoms with Crippen LogP contribution < -0.4 is 10.1 Å². The molecule has 1 aliphatic heterocycles. The van der Waals surface area contributed by atoms with Gasteiger partial charge in [0.25, 0.3) is 0 Å². The first-order chi connectivity index (χ1) is 15.3. The summed E-state index contributed by atoms with van der Waals surface area (Å²) in [4.78, 5) is 27.7. The fraction of sp³-hybridized carbons (Fsp3) is 0.630. The van der Waals surface area contributed by atoms with Crippen LogP contribution in [0.5, 0.6) is 5.75 Å². The fourth-order valence-corrected chi connectivity index (χ4v) is 7.98. The van der Waals surface area contributed by atoms with E-state index in [1.54, 1.807) is 7.11 Å². The number of methoxy groups -OCH3 is 1. The second-order valence-electron chi connectivity index (χ2n) is 10.9. The van der Waals surface area contributed by atoms with E-state index in [1.807, 2.05) is 36.2 Å².